The fraction of sp³-hybridized carbons (Fsp3) is 0.808. The summed E-state index contributed by atoms with van der Waals surface area (Å²) in [6.07, 6.45) is 53.0. The maximum absolute atomic E-state index is 12.7. The van der Waals surface area contributed by atoms with Crippen LogP contribution in [0.4, 0.5) is 0 Å². The average Bonchev–Trinajstić information content (AvgIpc) is 3.23. The molecule has 0 aromatic carbocycles. The van der Waals surface area contributed by atoms with Gasteiger partial charge in [-0.25, -0.2) is 0 Å². The first-order valence-corrected chi connectivity index (χ1v) is 26.8. The Bertz CT molecular complexity index is 1190. The second kappa shape index (κ2) is 44.2. The minimum Gasteiger partial charge on any atom is -0.756 e. The molecule has 0 heterocycles. The molecule has 0 bridgehead atoms. The van der Waals surface area contributed by atoms with E-state index in [0.29, 0.717) is 23.9 Å². The Morgan fingerprint density at radius 1 is 0.500 bits per heavy atom. The largest absolute Gasteiger partial charge is 0.756 e. The van der Waals surface area contributed by atoms with E-state index >= 15 is 0 Å². The molecule has 1 unspecified atom stereocenters. The van der Waals surface area contributed by atoms with Crippen molar-refractivity contribution in [2.24, 2.45) is 0 Å². The molecule has 62 heavy (non-hydrogen) atoms. The molecule has 9 nitrogen and oxygen atoms in total. The molecule has 0 amide bonds. The van der Waals surface area contributed by atoms with E-state index in [0.717, 1.165) is 64.2 Å². The summed E-state index contributed by atoms with van der Waals surface area (Å²) in [6, 6.07) is 0. The number of nitrogens with zero attached hydrogens (tertiary/aromatic N) is 1. The highest BCUT2D eigenvalue weighted by atomic mass is 31.2. The third-order valence-corrected chi connectivity index (χ3v) is 11.8. The van der Waals surface area contributed by atoms with Gasteiger partial charge in [-0.2, -0.15) is 0 Å². The average molecular weight is 894 g/mol. The van der Waals surface area contributed by atoms with Gasteiger partial charge in [-0.3, -0.25) is 14.2 Å². The van der Waals surface area contributed by atoms with E-state index in [-0.39, 0.29) is 26.1 Å². The van der Waals surface area contributed by atoms with E-state index < -0.39 is 32.5 Å². The third kappa shape index (κ3) is 47.4. The highest BCUT2D eigenvalue weighted by molar-refractivity contribution is 7.45. The molecule has 0 aromatic heterocycles. The maximum atomic E-state index is 12.7. The quantitative estimate of drug-likeness (QED) is 0.0195. The number of esters is 2. The molecule has 0 saturated heterocycles. The van der Waals surface area contributed by atoms with Crippen LogP contribution in [0.25, 0.3) is 0 Å². The van der Waals surface area contributed by atoms with Crippen molar-refractivity contribution >= 4 is 19.8 Å². The van der Waals surface area contributed by atoms with Crippen LogP contribution in [0.15, 0.2) is 48.6 Å². The van der Waals surface area contributed by atoms with E-state index in [9.17, 15) is 19.0 Å². The van der Waals surface area contributed by atoms with Gasteiger partial charge >= 0.3 is 11.9 Å². The van der Waals surface area contributed by atoms with Crippen LogP contribution < -0.4 is 4.89 Å². The Morgan fingerprint density at radius 3 is 1.42 bits per heavy atom. The minimum atomic E-state index is -4.64. The van der Waals surface area contributed by atoms with Crippen LogP contribution in [0.5, 0.6) is 0 Å². The van der Waals surface area contributed by atoms with Gasteiger partial charge in [0.15, 0.2) is 6.10 Å². The van der Waals surface area contributed by atoms with Crippen LogP contribution in [-0.4, -0.2) is 70.0 Å². The number of quaternary nitrogens is 1. The highest BCUT2D eigenvalue weighted by Crippen LogP contribution is 2.38. The van der Waals surface area contributed by atoms with E-state index in [1.165, 1.54) is 116 Å². The van der Waals surface area contributed by atoms with Crippen molar-refractivity contribution in [3.63, 3.8) is 0 Å². The molecule has 0 fully saturated rings. The number of likely N-dealkylation sites (N-methyl/N-ethyl adjacent to an activating group) is 1. The molecule has 0 aliphatic carbocycles. The van der Waals surface area contributed by atoms with Crippen LogP contribution in [0.3, 0.4) is 0 Å². The fourth-order valence-corrected chi connectivity index (χ4v) is 7.55. The molecular weight excluding hydrogens is 798 g/mol. The van der Waals surface area contributed by atoms with Crippen molar-refractivity contribution in [2.75, 3.05) is 47.5 Å². The number of ether oxygens (including phenoxy) is 2. The van der Waals surface area contributed by atoms with Crippen molar-refractivity contribution in [1.29, 1.82) is 0 Å². The van der Waals surface area contributed by atoms with Gasteiger partial charge in [-0.05, 0) is 77.0 Å². The zero-order valence-electron chi connectivity index (χ0n) is 40.8. The standard InChI is InChI=1S/C52H96NO8P/c1-6-8-10-12-14-16-18-20-22-23-24-25-26-27-28-29-31-32-34-36-38-40-42-44-51(54)58-48-50(49-60-62(56,57)59-47-46-53(3,4)5)61-52(55)45-43-41-39-37-35-33-30-21-19-17-15-13-11-9-7-2/h15,17,21,29-31,36,38,50H,6-14,16,18-20,22-28,32-35,37,39-49H2,1-5H3/b17-15+,30-21+,31-29+,38-36+/t50-/m0/s1. The molecule has 0 saturated carbocycles. The molecular formula is C52H96NO8P. The minimum absolute atomic E-state index is 0.0404. The first kappa shape index (κ1) is 60.0. The number of allylic oxidation sites excluding steroid dienone is 8. The molecule has 0 aliphatic heterocycles. The Kier molecular flexibility index (Phi) is 42.7. The number of phosphoric ester groups is 1. The number of hydrogen-bond donors (Lipinski definition) is 0. The van der Waals surface area contributed by atoms with Crippen molar-refractivity contribution in [3.05, 3.63) is 48.6 Å². The van der Waals surface area contributed by atoms with Gasteiger partial charge in [0.05, 0.1) is 27.7 Å². The Hall–Kier alpha value is -2.03. The van der Waals surface area contributed by atoms with Gasteiger partial charge in [0.2, 0.25) is 0 Å². The monoisotopic (exact) mass is 894 g/mol. The molecule has 0 aliphatic rings. The lowest BCUT2D eigenvalue weighted by Gasteiger charge is -2.28. The van der Waals surface area contributed by atoms with Gasteiger partial charge in [0, 0.05) is 12.8 Å². The molecule has 10 heteroatoms. The molecule has 0 N–H and O–H groups in total. The number of carbonyl (C=O) groups excluding carboxylic acids is 2. The Morgan fingerprint density at radius 2 is 0.903 bits per heavy atom. The number of phosphoric acid groups is 1. The van der Waals surface area contributed by atoms with Crippen molar-refractivity contribution in [3.8, 4) is 0 Å². The van der Waals surface area contributed by atoms with Crippen LogP contribution in [0.2, 0.25) is 0 Å². The van der Waals surface area contributed by atoms with Gasteiger partial charge in [0.1, 0.15) is 19.8 Å². The highest BCUT2D eigenvalue weighted by Gasteiger charge is 2.21. The lowest BCUT2D eigenvalue weighted by molar-refractivity contribution is -0.870. The number of unbranched alkanes of at least 4 members (excludes halogenated alkanes) is 24. The maximum Gasteiger partial charge on any atom is 0.306 e. The Balaban J connectivity index is 4.29. The molecule has 0 aromatic rings. The lowest BCUT2D eigenvalue weighted by atomic mass is 10.0. The second-order valence-electron chi connectivity index (χ2n) is 18.2. The Labute approximate surface area is 382 Å². The summed E-state index contributed by atoms with van der Waals surface area (Å²) in [4.78, 5) is 37.6. The molecule has 0 rings (SSSR count). The van der Waals surface area contributed by atoms with Gasteiger partial charge < -0.3 is 27.9 Å². The SMILES string of the molecule is CCCCC/C=C/C/C=C/CCCCCCCC(=O)O[C@@H](COC(=O)CCC/C=C/CC/C=C/CCCCCCCCCCCCCCCC)COP(=O)([O-])OCC[N+](C)(C)C. The predicted octanol–water partition coefficient (Wildman–Crippen LogP) is 14.4. The van der Waals surface area contributed by atoms with Crippen molar-refractivity contribution < 1.29 is 42.1 Å². The summed E-state index contributed by atoms with van der Waals surface area (Å²) in [5.74, 6) is -0.897. The first-order chi connectivity index (χ1) is 30.0. The summed E-state index contributed by atoms with van der Waals surface area (Å²) < 4.78 is 33.9. The summed E-state index contributed by atoms with van der Waals surface area (Å²) >= 11 is 0. The van der Waals surface area contributed by atoms with E-state index in [4.69, 9.17) is 18.5 Å². The molecule has 362 valence electrons. The van der Waals surface area contributed by atoms with E-state index in [1.54, 1.807) is 0 Å². The fourth-order valence-electron chi connectivity index (χ4n) is 6.82. The number of hydrogen-bond acceptors (Lipinski definition) is 8. The smallest absolute Gasteiger partial charge is 0.306 e. The molecule has 0 spiro atoms. The molecule has 0 radical (unpaired) electrons. The molecule has 2 atom stereocenters. The number of rotatable bonds is 46. The summed E-state index contributed by atoms with van der Waals surface area (Å²) in [7, 11) is 1.14. The summed E-state index contributed by atoms with van der Waals surface area (Å²) in [6.45, 7) is 4.16. The predicted molar refractivity (Wildman–Crippen MR) is 259 cm³/mol. The van der Waals surface area contributed by atoms with Crippen LogP contribution >= 0.6 is 7.82 Å². The normalized spacial score (nSPS) is 13.8. The zero-order valence-corrected chi connectivity index (χ0v) is 41.7. The zero-order chi connectivity index (χ0) is 45.7. The van der Waals surface area contributed by atoms with Crippen molar-refractivity contribution in [1.82, 2.24) is 0 Å². The van der Waals surface area contributed by atoms with E-state index in [2.05, 4.69) is 62.5 Å². The van der Waals surface area contributed by atoms with Crippen LogP contribution in [-0.2, 0) is 32.7 Å². The first-order valence-electron chi connectivity index (χ1n) is 25.3. The van der Waals surface area contributed by atoms with Crippen LogP contribution in [0, 0.1) is 0 Å². The number of carbonyl (C=O) groups is 2. The second-order valence-corrected chi connectivity index (χ2v) is 19.6. The van der Waals surface area contributed by atoms with Crippen LogP contribution in [0.1, 0.15) is 219 Å². The lowest BCUT2D eigenvalue weighted by Crippen LogP contribution is -2.37. The summed E-state index contributed by atoms with van der Waals surface area (Å²) in [5, 5.41) is 0. The third-order valence-electron chi connectivity index (χ3n) is 10.8. The van der Waals surface area contributed by atoms with Crippen molar-refractivity contribution in [2.45, 2.75) is 225 Å². The van der Waals surface area contributed by atoms with Gasteiger partial charge in [-0.15, -0.1) is 0 Å². The van der Waals surface area contributed by atoms with E-state index in [1.807, 2.05) is 21.1 Å². The van der Waals surface area contributed by atoms with Gasteiger partial charge in [0.25, 0.3) is 7.82 Å². The summed E-state index contributed by atoms with van der Waals surface area (Å²) in [5.41, 5.74) is 0. The topological polar surface area (TPSA) is 111 Å². The van der Waals surface area contributed by atoms with Gasteiger partial charge in [-0.1, -0.05) is 178 Å².